The second-order valence-electron chi connectivity index (χ2n) is 1.92. The molecule has 0 saturated heterocycles. The fourth-order valence-corrected chi connectivity index (χ4v) is 0.552. The van der Waals surface area contributed by atoms with Gasteiger partial charge in [0, 0.05) is 11.8 Å². The van der Waals surface area contributed by atoms with E-state index in [0.717, 1.165) is 12.8 Å². The molecule has 0 atom stereocenters. The number of amidine groups is 1. The van der Waals surface area contributed by atoms with Crippen molar-refractivity contribution in [1.82, 2.24) is 4.84 Å². The summed E-state index contributed by atoms with van der Waals surface area (Å²) in [4.78, 5) is 6.12. The summed E-state index contributed by atoms with van der Waals surface area (Å²) in [6, 6.07) is 2.18. The largest absolute Gasteiger partial charge is 0.274 e. The van der Waals surface area contributed by atoms with Crippen LogP contribution in [0.4, 0.5) is 0 Å². The molecular formula is C5H6ClN3. The molecule has 48 valence electrons. The average molecular weight is 144 g/mol. The van der Waals surface area contributed by atoms with Crippen molar-refractivity contribution in [2.75, 3.05) is 0 Å². The van der Waals surface area contributed by atoms with Gasteiger partial charge in [-0.1, -0.05) is 0 Å². The van der Waals surface area contributed by atoms with Crippen LogP contribution in [0.25, 0.3) is 0 Å². The molecule has 4 heteroatoms. The molecule has 0 radical (unpaired) electrons. The first-order chi connectivity index (χ1) is 4.36. The van der Waals surface area contributed by atoms with Gasteiger partial charge in [0.1, 0.15) is 6.07 Å². The fourth-order valence-electron chi connectivity index (χ4n) is 0.461. The van der Waals surface area contributed by atoms with Crippen LogP contribution in [0.1, 0.15) is 12.8 Å². The molecule has 0 bridgehead atoms. The lowest BCUT2D eigenvalue weighted by Crippen LogP contribution is -2.10. The summed E-state index contributed by atoms with van der Waals surface area (Å²) in [5.74, 6) is 0.221. The van der Waals surface area contributed by atoms with Crippen LogP contribution >= 0.6 is 11.8 Å². The Morgan fingerprint density at radius 1 is 1.78 bits per heavy atom. The Labute approximate surface area is 58.4 Å². The fraction of sp³-hybridized carbons (Fsp3) is 0.600. The van der Waals surface area contributed by atoms with Crippen LogP contribution in [-0.4, -0.2) is 11.9 Å². The molecule has 1 aliphatic rings. The molecule has 1 rings (SSSR count). The average Bonchev–Trinajstić information content (AvgIpc) is 2.66. The van der Waals surface area contributed by atoms with Crippen molar-refractivity contribution in [2.45, 2.75) is 18.9 Å². The highest BCUT2D eigenvalue weighted by molar-refractivity contribution is 6.25. The molecule has 0 spiro atoms. The first kappa shape index (κ1) is 6.37. The number of nitrogens with one attached hydrogen (secondary N) is 1. The Morgan fingerprint density at radius 3 is 2.78 bits per heavy atom. The van der Waals surface area contributed by atoms with Crippen molar-refractivity contribution >= 4 is 17.6 Å². The van der Waals surface area contributed by atoms with E-state index in [1.807, 2.05) is 6.07 Å². The Bertz CT molecular complexity index is 166. The van der Waals surface area contributed by atoms with Crippen LogP contribution in [0, 0.1) is 11.3 Å². The first-order valence-corrected chi connectivity index (χ1v) is 3.09. The minimum atomic E-state index is 0.221. The first-order valence-electron chi connectivity index (χ1n) is 2.71. The van der Waals surface area contributed by atoms with E-state index < -0.39 is 0 Å². The Hall–Kier alpha value is -0.750. The smallest absolute Gasteiger partial charge is 0.216 e. The number of nitriles is 1. The van der Waals surface area contributed by atoms with E-state index in [9.17, 15) is 0 Å². The summed E-state index contributed by atoms with van der Waals surface area (Å²) >= 11 is 5.14. The molecule has 0 amide bonds. The number of halogens is 1. The highest BCUT2D eigenvalue weighted by Gasteiger charge is 2.20. The maximum atomic E-state index is 8.27. The molecule has 0 aromatic rings. The predicted octanol–water partition coefficient (Wildman–Crippen LogP) is 0.814. The Balaban J connectivity index is 2.44. The van der Waals surface area contributed by atoms with E-state index in [0.29, 0.717) is 6.04 Å². The third-order valence-electron chi connectivity index (χ3n) is 1.05. The van der Waals surface area contributed by atoms with Crippen LogP contribution in [0.15, 0.2) is 4.99 Å². The number of nitrogens with zero attached hydrogens (tertiary/aromatic N) is 2. The zero-order valence-corrected chi connectivity index (χ0v) is 5.52. The molecule has 1 aliphatic carbocycles. The number of hydrogen-bond donors (Lipinski definition) is 1. The minimum Gasteiger partial charge on any atom is -0.274 e. The van der Waals surface area contributed by atoms with Crippen LogP contribution in [0.2, 0.25) is 0 Å². The van der Waals surface area contributed by atoms with Gasteiger partial charge < -0.3 is 0 Å². The molecule has 0 aromatic carbocycles. The van der Waals surface area contributed by atoms with Crippen molar-refractivity contribution in [2.24, 2.45) is 4.99 Å². The Morgan fingerprint density at radius 2 is 2.44 bits per heavy atom. The van der Waals surface area contributed by atoms with E-state index in [-0.39, 0.29) is 5.84 Å². The topological polar surface area (TPSA) is 48.2 Å². The van der Waals surface area contributed by atoms with Crippen molar-refractivity contribution in [3.05, 3.63) is 0 Å². The van der Waals surface area contributed by atoms with Crippen molar-refractivity contribution in [1.29, 1.82) is 5.26 Å². The lowest BCUT2D eigenvalue weighted by Gasteiger charge is -1.88. The minimum absolute atomic E-state index is 0.221. The summed E-state index contributed by atoms with van der Waals surface area (Å²) in [6.07, 6.45) is 2.17. The van der Waals surface area contributed by atoms with Crippen LogP contribution in [0.3, 0.4) is 0 Å². The van der Waals surface area contributed by atoms with Gasteiger partial charge in [0.2, 0.25) is 5.84 Å². The maximum absolute atomic E-state index is 8.27. The van der Waals surface area contributed by atoms with Crippen LogP contribution < -0.4 is 4.84 Å². The van der Waals surface area contributed by atoms with Crippen LogP contribution in [0.5, 0.6) is 0 Å². The second kappa shape index (κ2) is 2.70. The Kier molecular flexibility index (Phi) is 1.91. The van der Waals surface area contributed by atoms with Gasteiger partial charge in [0.05, 0.1) is 6.04 Å². The van der Waals surface area contributed by atoms with Gasteiger partial charge in [-0.15, -0.1) is 0 Å². The highest BCUT2D eigenvalue weighted by Crippen LogP contribution is 2.23. The van der Waals surface area contributed by atoms with Crippen molar-refractivity contribution < 1.29 is 0 Å². The van der Waals surface area contributed by atoms with Crippen LogP contribution in [-0.2, 0) is 0 Å². The molecule has 0 heterocycles. The number of aliphatic imine (C=N–C) groups is 1. The molecule has 1 N–H and O–H groups in total. The summed E-state index contributed by atoms with van der Waals surface area (Å²) in [6.45, 7) is 0. The van der Waals surface area contributed by atoms with Gasteiger partial charge in [-0.2, -0.15) is 5.26 Å². The van der Waals surface area contributed by atoms with Gasteiger partial charge in [-0.3, -0.25) is 9.83 Å². The predicted molar refractivity (Wildman–Crippen MR) is 35.1 cm³/mol. The number of hydrogen-bond acceptors (Lipinski definition) is 2. The zero-order chi connectivity index (χ0) is 6.69. The number of rotatable bonds is 1. The summed E-state index contributed by atoms with van der Waals surface area (Å²) in [5, 5.41) is 8.27. The lowest BCUT2D eigenvalue weighted by atomic mass is 10.6. The van der Waals surface area contributed by atoms with Gasteiger partial charge in [-0.25, -0.2) is 0 Å². The summed E-state index contributed by atoms with van der Waals surface area (Å²) in [7, 11) is 0. The van der Waals surface area contributed by atoms with E-state index in [1.54, 1.807) is 0 Å². The molecule has 3 nitrogen and oxygen atoms in total. The monoisotopic (exact) mass is 143 g/mol. The van der Waals surface area contributed by atoms with Crippen molar-refractivity contribution in [3.8, 4) is 6.07 Å². The molecule has 1 saturated carbocycles. The van der Waals surface area contributed by atoms with E-state index in [2.05, 4.69) is 9.83 Å². The SMILES string of the molecule is N#CC(=NC1CC1)NCl. The molecule has 0 aromatic heterocycles. The molecule has 0 unspecified atom stereocenters. The van der Waals surface area contributed by atoms with E-state index in [1.165, 1.54) is 0 Å². The highest BCUT2D eigenvalue weighted by atomic mass is 35.5. The standard InChI is InChI=1S/C5H6ClN3/c6-9-5(3-7)8-4-1-2-4/h4H,1-2H2,(H,8,9). The van der Waals surface area contributed by atoms with Gasteiger partial charge in [0.25, 0.3) is 0 Å². The summed E-state index contributed by atoms with van der Waals surface area (Å²) < 4.78 is 0. The van der Waals surface area contributed by atoms with Gasteiger partial charge in [0.15, 0.2) is 0 Å². The molecule has 9 heavy (non-hydrogen) atoms. The van der Waals surface area contributed by atoms with Gasteiger partial charge >= 0.3 is 0 Å². The molecule has 0 aliphatic heterocycles. The summed E-state index contributed by atoms with van der Waals surface area (Å²) in [5.41, 5.74) is 0. The van der Waals surface area contributed by atoms with Gasteiger partial charge in [-0.05, 0) is 12.8 Å². The van der Waals surface area contributed by atoms with Crippen molar-refractivity contribution in [3.63, 3.8) is 0 Å². The lowest BCUT2D eigenvalue weighted by molar-refractivity contribution is 1.06. The normalized spacial score (nSPS) is 18.9. The zero-order valence-electron chi connectivity index (χ0n) is 4.76. The maximum Gasteiger partial charge on any atom is 0.216 e. The quantitative estimate of drug-likeness (QED) is 0.336. The molecule has 1 fully saturated rings. The van der Waals surface area contributed by atoms with E-state index in [4.69, 9.17) is 17.0 Å². The third kappa shape index (κ3) is 1.90. The second-order valence-corrected chi connectivity index (χ2v) is 2.10. The molecular weight excluding hydrogens is 138 g/mol. The van der Waals surface area contributed by atoms with E-state index >= 15 is 0 Å². The third-order valence-corrected chi connectivity index (χ3v) is 1.23.